The summed E-state index contributed by atoms with van der Waals surface area (Å²) >= 11 is 1.81. The SMILES string of the molecule is c1ccc(-c2cc3sc4ccccc4c3c3nc(-c4ccc(-n5c6ccccc6c6ccccc65)cc4)oc23)cc1. The van der Waals surface area contributed by atoms with Crippen LogP contribution in [0, 0.1) is 0 Å². The molecule has 0 atom stereocenters. The second-order valence-electron chi connectivity index (χ2n) is 10.4. The highest BCUT2D eigenvalue weighted by Crippen LogP contribution is 2.44. The minimum absolute atomic E-state index is 0.633. The van der Waals surface area contributed by atoms with E-state index in [0.717, 1.165) is 38.9 Å². The van der Waals surface area contributed by atoms with Crippen molar-refractivity contribution in [3.8, 4) is 28.3 Å². The third-order valence-corrected chi connectivity index (χ3v) is 9.16. The number of rotatable bonds is 3. The molecular weight excluding hydrogens is 520 g/mol. The fourth-order valence-electron chi connectivity index (χ4n) is 6.19. The summed E-state index contributed by atoms with van der Waals surface area (Å²) in [5.41, 5.74) is 8.40. The van der Waals surface area contributed by atoms with Crippen molar-refractivity contribution < 1.29 is 4.42 Å². The lowest BCUT2D eigenvalue weighted by Crippen LogP contribution is -1.93. The Hall–Kier alpha value is -5.19. The molecule has 0 aliphatic rings. The van der Waals surface area contributed by atoms with Crippen molar-refractivity contribution in [1.29, 1.82) is 0 Å². The van der Waals surface area contributed by atoms with Crippen LogP contribution < -0.4 is 0 Å². The van der Waals surface area contributed by atoms with Crippen LogP contribution in [0.15, 0.2) is 138 Å². The first-order valence-corrected chi connectivity index (χ1v) is 14.5. The summed E-state index contributed by atoms with van der Waals surface area (Å²) in [7, 11) is 0. The molecule has 6 aromatic carbocycles. The Morgan fingerprint density at radius 1 is 0.561 bits per heavy atom. The van der Waals surface area contributed by atoms with Crippen LogP contribution in [0.4, 0.5) is 0 Å². The van der Waals surface area contributed by atoms with Gasteiger partial charge in [-0.1, -0.05) is 84.9 Å². The van der Waals surface area contributed by atoms with Crippen LogP contribution >= 0.6 is 11.3 Å². The van der Waals surface area contributed by atoms with Crippen LogP contribution in [0.25, 0.3) is 81.3 Å². The summed E-state index contributed by atoms with van der Waals surface area (Å²) in [6.07, 6.45) is 0. The van der Waals surface area contributed by atoms with E-state index in [1.165, 1.54) is 36.6 Å². The number of fused-ring (bicyclic) bond motifs is 8. The van der Waals surface area contributed by atoms with E-state index in [-0.39, 0.29) is 0 Å². The first-order valence-electron chi connectivity index (χ1n) is 13.7. The van der Waals surface area contributed by atoms with Gasteiger partial charge in [0.25, 0.3) is 0 Å². The molecule has 0 N–H and O–H groups in total. The average Bonchev–Trinajstić information content (AvgIpc) is 3.73. The fourth-order valence-corrected chi connectivity index (χ4v) is 7.34. The van der Waals surface area contributed by atoms with Crippen molar-refractivity contribution >= 4 is 64.4 Å². The van der Waals surface area contributed by atoms with Crippen molar-refractivity contribution in [2.24, 2.45) is 0 Å². The standard InChI is InChI=1S/C37H22N2OS/c1-2-10-23(11-3-1)29-22-33-34(28-14-6-9-17-32(28)41-33)35-36(29)40-37(38-35)24-18-20-25(21-19-24)39-30-15-7-4-12-26(30)27-13-5-8-16-31(27)39/h1-22H. The van der Waals surface area contributed by atoms with Gasteiger partial charge in [-0.05, 0) is 54.1 Å². The number of oxazole rings is 1. The third-order valence-electron chi connectivity index (χ3n) is 8.04. The molecular formula is C37H22N2OS. The Bertz CT molecular complexity index is 2360. The molecule has 41 heavy (non-hydrogen) atoms. The molecule has 3 aromatic heterocycles. The molecule has 0 saturated carbocycles. The van der Waals surface area contributed by atoms with Crippen molar-refractivity contribution in [3.63, 3.8) is 0 Å². The summed E-state index contributed by atoms with van der Waals surface area (Å²) in [6, 6.07) is 47.0. The van der Waals surface area contributed by atoms with Crippen molar-refractivity contribution in [2.75, 3.05) is 0 Å². The molecule has 0 aliphatic heterocycles. The van der Waals surface area contributed by atoms with Gasteiger partial charge in [-0.15, -0.1) is 11.3 Å². The predicted molar refractivity (Wildman–Crippen MR) is 172 cm³/mol. The third kappa shape index (κ3) is 3.35. The number of thiophene rings is 1. The molecule has 3 heterocycles. The molecule has 0 radical (unpaired) electrons. The van der Waals surface area contributed by atoms with Gasteiger partial charge >= 0.3 is 0 Å². The van der Waals surface area contributed by atoms with Crippen molar-refractivity contribution in [1.82, 2.24) is 9.55 Å². The molecule has 0 spiro atoms. The van der Waals surface area contributed by atoms with Crippen molar-refractivity contribution in [3.05, 3.63) is 133 Å². The summed E-state index contributed by atoms with van der Waals surface area (Å²) in [5, 5.41) is 4.90. The molecule has 0 bridgehead atoms. The normalized spacial score (nSPS) is 11.9. The van der Waals surface area contributed by atoms with E-state index < -0.39 is 0 Å². The van der Waals surface area contributed by atoms with Crippen LogP contribution in [-0.4, -0.2) is 9.55 Å². The lowest BCUT2D eigenvalue weighted by molar-refractivity contribution is 0.621. The zero-order valence-corrected chi connectivity index (χ0v) is 22.7. The molecule has 0 unspecified atom stereocenters. The van der Waals surface area contributed by atoms with Crippen LogP contribution in [0.2, 0.25) is 0 Å². The number of benzene rings is 6. The van der Waals surface area contributed by atoms with Crippen LogP contribution in [-0.2, 0) is 0 Å². The Morgan fingerprint density at radius 2 is 1.20 bits per heavy atom. The number of nitrogens with zero attached hydrogens (tertiary/aromatic N) is 2. The van der Waals surface area contributed by atoms with Crippen molar-refractivity contribution in [2.45, 2.75) is 0 Å². The molecule has 9 rings (SSSR count). The number of aromatic nitrogens is 2. The van der Waals surface area contributed by atoms with Gasteiger partial charge in [-0.3, -0.25) is 0 Å². The molecule has 0 amide bonds. The van der Waals surface area contributed by atoms with Gasteiger partial charge < -0.3 is 8.98 Å². The van der Waals surface area contributed by atoms with Gasteiger partial charge in [0.2, 0.25) is 5.89 Å². The molecule has 9 aromatic rings. The molecule has 4 heteroatoms. The van der Waals surface area contributed by atoms with Crippen LogP contribution in [0.3, 0.4) is 0 Å². The molecule has 0 aliphatic carbocycles. The van der Waals surface area contributed by atoms with Gasteiger partial charge in [-0.2, -0.15) is 0 Å². The second kappa shape index (κ2) is 8.65. The predicted octanol–water partition coefficient (Wildman–Crippen LogP) is 10.6. The molecule has 3 nitrogen and oxygen atoms in total. The van der Waals surface area contributed by atoms with E-state index in [2.05, 4.69) is 132 Å². The fraction of sp³-hybridized carbons (Fsp3) is 0. The molecule has 0 fully saturated rings. The van der Waals surface area contributed by atoms with Gasteiger partial charge in [-0.25, -0.2) is 4.98 Å². The smallest absolute Gasteiger partial charge is 0.227 e. The highest BCUT2D eigenvalue weighted by molar-refractivity contribution is 7.26. The minimum atomic E-state index is 0.633. The number of hydrogen-bond donors (Lipinski definition) is 0. The monoisotopic (exact) mass is 542 g/mol. The zero-order valence-electron chi connectivity index (χ0n) is 21.9. The Kier molecular flexibility index (Phi) is 4.77. The van der Waals surface area contributed by atoms with Crippen LogP contribution in [0.5, 0.6) is 0 Å². The van der Waals surface area contributed by atoms with E-state index in [9.17, 15) is 0 Å². The lowest BCUT2D eigenvalue weighted by atomic mass is 10.0. The van der Waals surface area contributed by atoms with Crippen LogP contribution in [0.1, 0.15) is 0 Å². The Labute approximate surface area is 239 Å². The summed E-state index contributed by atoms with van der Waals surface area (Å²) in [4.78, 5) is 5.15. The van der Waals surface area contributed by atoms with Gasteiger partial charge in [0.1, 0.15) is 5.52 Å². The first kappa shape index (κ1) is 22.6. The van der Waals surface area contributed by atoms with E-state index in [0.29, 0.717) is 5.89 Å². The molecule has 192 valence electrons. The van der Waals surface area contributed by atoms with Gasteiger partial charge in [0, 0.05) is 47.8 Å². The average molecular weight is 543 g/mol. The minimum Gasteiger partial charge on any atom is -0.435 e. The van der Waals surface area contributed by atoms with E-state index in [4.69, 9.17) is 9.40 Å². The number of hydrogen-bond acceptors (Lipinski definition) is 3. The summed E-state index contributed by atoms with van der Waals surface area (Å²) in [6.45, 7) is 0. The van der Waals surface area contributed by atoms with E-state index in [1.807, 2.05) is 17.4 Å². The highest BCUT2D eigenvalue weighted by Gasteiger charge is 2.20. The summed E-state index contributed by atoms with van der Waals surface area (Å²) < 4.78 is 11.4. The first-order chi connectivity index (χ1) is 20.3. The largest absolute Gasteiger partial charge is 0.435 e. The Morgan fingerprint density at radius 3 is 1.93 bits per heavy atom. The highest BCUT2D eigenvalue weighted by atomic mass is 32.1. The summed E-state index contributed by atoms with van der Waals surface area (Å²) in [5.74, 6) is 0.633. The maximum Gasteiger partial charge on any atom is 0.227 e. The topological polar surface area (TPSA) is 31.0 Å². The Balaban J connectivity index is 1.25. The lowest BCUT2D eigenvalue weighted by Gasteiger charge is -2.08. The second-order valence-corrected chi connectivity index (χ2v) is 11.5. The van der Waals surface area contributed by atoms with E-state index >= 15 is 0 Å². The zero-order chi connectivity index (χ0) is 26.9. The van der Waals surface area contributed by atoms with Gasteiger partial charge in [0.15, 0.2) is 5.58 Å². The number of para-hydroxylation sites is 2. The van der Waals surface area contributed by atoms with E-state index in [1.54, 1.807) is 0 Å². The molecule has 0 saturated heterocycles. The maximum absolute atomic E-state index is 6.62. The maximum atomic E-state index is 6.62. The quantitative estimate of drug-likeness (QED) is 0.222. The van der Waals surface area contributed by atoms with Gasteiger partial charge in [0.05, 0.1) is 11.0 Å².